The lowest BCUT2D eigenvalue weighted by Crippen LogP contribution is -2.41. The highest BCUT2D eigenvalue weighted by atomic mass is 32.1. The second kappa shape index (κ2) is 5.24. The summed E-state index contributed by atoms with van der Waals surface area (Å²) in [5, 5.41) is 5.15. The molecule has 2 bridgehead atoms. The van der Waals surface area contributed by atoms with E-state index >= 15 is 0 Å². The number of fused-ring (bicyclic) bond motifs is 1. The molecule has 2 aromatic rings. The van der Waals surface area contributed by atoms with E-state index in [0.717, 1.165) is 5.69 Å². The molecule has 7 heteroatoms. The van der Waals surface area contributed by atoms with Crippen molar-refractivity contribution in [3.8, 4) is 0 Å². The summed E-state index contributed by atoms with van der Waals surface area (Å²) in [6.45, 7) is 0.439. The molecule has 1 spiro atoms. The fraction of sp³-hybridized carbons (Fsp3) is 0.278. The van der Waals surface area contributed by atoms with Crippen LogP contribution in [0.3, 0.4) is 0 Å². The molecular formula is C18H15N3O3S. The number of rotatable bonds is 3. The van der Waals surface area contributed by atoms with Gasteiger partial charge in [0.1, 0.15) is 5.60 Å². The van der Waals surface area contributed by atoms with Crippen LogP contribution in [0.4, 0.5) is 10.8 Å². The van der Waals surface area contributed by atoms with Gasteiger partial charge in [-0.3, -0.25) is 9.59 Å². The number of carbonyl (C=O) groups is 2. The Balaban J connectivity index is 1.47. The molecule has 1 aromatic heterocycles. The van der Waals surface area contributed by atoms with Crippen LogP contribution in [-0.2, 0) is 14.3 Å². The predicted molar refractivity (Wildman–Crippen MR) is 93.3 cm³/mol. The number of para-hydroxylation sites is 1. The first-order valence-corrected chi connectivity index (χ1v) is 9.00. The molecule has 2 saturated heterocycles. The van der Waals surface area contributed by atoms with E-state index in [9.17, 15) is 9.59 Å². The third-order valence-corrected chi connectivity index (χ3v) is 5.82. The molecule has 1 aromatic carbocycles. The number of benzene rings is 1. The minimum absolute atomic E-state index is 0.0580. The molecule has 0 aliphatic carbocycles. The Bertz CT molecular complexity index is 867. The summed E-state index contributed by atoms with van der Waals surface area (Å²) in [7, 11) is 0. The molecule has 3 aliphatic rings. The minimum Gasteiger partial charge on any atom is -0.360 e. The molecule has 1 N–H and O–H groups in total. The van der Waals surface area contributed by atoms with Crippen LogP contribution < -0.4 is 10.2 Å². The number of amides is 2. The fourth-order valence-electron chi connectivity index (χ4n) is 4.10. The highest BCUT2D eigenvalue weighted by Gasteiger charge is 2.67. The second-order valence-electron chi connectivity index (χ2n) is 6.49. The van der Waals surface area contributed by atoms with Crippen molar-refractivity contribution in [2.45, 2.75) is 11.7 Å². The van der Waals surface area contributed by atoms with E-state index < -0.39 is 17.4 Å². The molecule has 4 atom stereocenters. The van der Waals surface area contributed by atoms with Gasteiger partial charge in [0.25, 0.3) is 0 Å². The Morgan fingerprint density at radius 3 is 2.96 bits per heavy atom. The van der Waals surface area contributed by atoms with Crippen molar-refractivity contribution in [2.24, 2.45) is 11.8 Å². The van der Waals surface area contributed by atoms with Gasteiger partial charge in [-0.05, 0) is 12.1 Å². The van der Waals surface area contributed by atoms with Crippen molar-refractivity contribution in [1.82, 2.24) is 4.98 Å². The molecule has 2 amide bonds. The van der Waals surface area contributed by atoms with E-state index in [2.05, 4.69) is 10.3 Å². The first kappa shape index (κ1) is 14.8. The van der Waals surface area contributed by atoms with Gasteiger partial charge in [0.05, 0.1) is 24.5 Å². The summed E-state index contributed by atoms with van der Waals surface area (Å²) < 4.78 is 6.11. The van der Waals surface area contributed by atoms with Gasteiger partial charge in [0.15, 0.2) is 5.13 Å². The third-order valence-electron chi connectivity index (χ3n) is 5.13. The quantitative estimate of drug-likeness (QED) is 0.858. The number of carbonyl (C=O) groups excluding carboxylic acids is 2. The zero-order valence-corrected chi connectivity index (χ0v) is 14.0. The highest BCUT2D eigenvalue weighted by molar-refractivity contribution is 7.13. The SMILES string of the molecule is O=C(Nc1nccs1)[C@@H]1[C@H]2C(=O)N(c3ccccc3)C[C@@]23C=C[C@H]1O3. The Hall–Kier alpha value is -2.51. The summed E-state index contributed by atoms with van der Waals surface area (Å²) in [5.74, 6) is -1.30. The summed E-state index contributed by atoms with van der Waals surface area (Å²) in [5.41, 5.74) is 0.124. The van der Waals surface area contributed by atoms with Crippen molar-refractivity contribution in [1.29, 1.82) is 0 Å². The van der Waals surface area contributed by atoms with Gasteiger partial charge in [0, 0.05) is 17.3 Å². The topological polar surface area (TPSA) is 71.5 Å². The average Bonchev–Trinajstić information content (AvgIpc) is 3.38. The molecule has 126 valence electrons. The van der Waals surface area contributed by atoms with Gasteiger partial charge in [0.2, 0.25) is 11.8 Å². The molecule has 6 nitrogen and oxygen atoms in total. The van der Waals surface area contributed by atoms with Crippen LogP contribution in [0.15, 0.2) is 54.1 Å². The van der Waals surface area contributed by atoms with Crippen molar-refractivity contribution in [3.05, 3.63) is 54.1 Å². The number of thiazole rings is 1. The molecule has 2 fully saturated rings. The third kappa shape index (κ3) is 2.09. The minimum atomic E-state index is -0.706. The van der Waals surface area contributed by atoms with Crippen molar-refractivity contribution < 1.29 is 14.3 Å². The maximum absolute atomic E-state index is 13.1. The summed E-state index contributed by atoms with van der Waals surface area (Å²) in [6.07, 6.45) is 5.14. The van der Waals surface area contributed by atoms with E-state index in [1.165, 1.54) is 11.3 Å². The van der Waals surface area contributed by atoms with Gasteiger partial charge in [-0.1, -0.05) is 30.4 Å². The van der Waals surface area contributed by atoms with Crippen LogP contribution in [-0.4, -0.2) is 35.0 Å². The number of hydrogen-bond acceptors (Lipinski definition) is 5. The highest BCUT2D eigenvalue weighted by Crippen LogP contribution is 2.52. The van der Waals surface area contributed by atoms with E-state index in [1.807, 2.05) is 42.5 Å². The Kier molecular flexibility index (Phi) is 3.10. The molecular weight excluding hydrogens is 338 g/mol. The molecule has 0 unspecified atom stereocenters. The van der Waals surface area contributed by atoms with Crippen LogP contribution >= 0.6 is 11.3 Å². The fourth-order valence-corrected chi connectivity index (χ4v) is 4.63. The lowest BCUT2D eigenvalue weighted by atomic mass is 9.77. The normalized spacial score (nSPS) is 32.2. The number of hydrogen-bond donors (Lipinski definition) is 1. The van der Waals surface area contributed by atoms with Crippen LogP contribution in [0.5, 0.6) is 0 Å². The van der Waals surface area contributed by atoms with Crippen molar-refractivity contribution in [3.63, 3.8) is 0 Å². The van der Waals surface area contributed by atoms with Crippen molar-refractivity contribution >= 4 is 34.0 Å². The van der Waals surface area contributed by atoms with Crippen molar-refractivity contribution in [2.75, 3.05) is 16.8 Å². The molecule has 5 rings (SSSR count). The zero-order valence-electron chi connectivity index (χ0n) is 13.2. The largest absolute Gasteiger partial charge is 0.360 e. The van der Waals surface area contributed by atoms with E-state index in [1.54, 1.807) is 16.5 Å². The lowest BCUT2D eigenvalue weighted by Gasteiger charge is -2.22. The molecule has 0 saturated carbocycles. The van der Waals surface area contributed by atoms with Crippen LogP contribution in [0.25, 0.3) is 0 Å². The Morgan fingerprint density at radius 2 is 2.20 bits per heavy atom. The van der Waals surface area contributed by atoms with Gasteiger partial charge in [-0.25, -0.2) is 4.98 Å². The number of aromatic nitrogens is 1. The maximum atomic E-state index is 13.1. The zero-order chi connectivity index (χ0) is 17.0. The monoisotopic (exact) mass is 353 g/mol. The van der Waals surface area contributed by atoms with E-state index in [0.29, 0.717) is 11.7 Å². The average molecular weight is 353 g/mol. The van der Waals surface area contributed by atoms with Gasteiger partial charge in [-0.2, -0.15) is 0 Å². The number of nitrogens with one attached hydrogen (secondary N) is 1. The van der Waals surface area contributed by atoms with Crippen LogP contribution in [0.2, 0.25) is 0 Å². The standard InChI is InChI=1S/C18H15N3O3S/c22-15(20-17-19-8-9-25-17)13-12-6-7-18(24-12)10-21(16(23)14(13)18)11-4-2-1-3-5-11/h1-9,12-14H,10H2,(H,19,20,22)/t12-,13+,14+,18+/m1/s1. The summed E-state index contributed by atoms with van der Waals surface area (Å²) >= 11 is 1.35. The first-order valence-electron chi connectivity index (χ1n) is 8.12. The van der Waals surface area contributed by atoms with Crippen LogP contribution in [0, 0.1) is 11.8 Å². The van der Waals surface area contributed by atoms with Crippen LogP contribution in [0.1, 0.15) is 0 Å². The first-order chi connectivity index (χ1) is 12.2. The molecule has 0 radical (unpaired) electrons. The predicted octanol–water partition coefficient (Wildman–Crippen LogP) is 2.07. The molecule has 25 heavy (non-hydrogen) atoms. The number of ether oxygens (including phenoxy) is 1. The summed E-state index contributed by atoms with van der Waals surface area (Å²) in [4.78, 5) is 31.7. The lowest BCUT2D eigenvalue weighted by molar-refractivity contribution is -0.128. The van der Waals surface area contributed by atoms with Gasteiger partial charge < -0.3 is 15.0 Å². The number of nitrogens with zero attached hydrogens (tertiary/aromatic N) is 2. The van der Waals surface area contributed by atoms with Gasteiger partial charge in [-0.15, -0.1) is 11.3 Å². The second-order valence-corrected chi connectivity index (χ2v) is 7.38. The molecule has 4 heterocycles. The molecule has 3 aliphatic heterocycles. The Labute approximate surface area is 148 Å². The summed E-state index contributed by atoms with van der Waals surface area (Å²) in [6, 6.07) is 9.51. The van der Waals surface area contributed by atoms with Gasteiger partial charge >= 0.3 is 0 Å². The van der Waals surface area contributed by atoms with E-state index in [4.69, 9.17) is 4.74 Å². The smallest absolute Gasteiger partial charge is 0.234 e. The maximum Gasteiger partial charge on any atom is 0.234 e. The number of anilines is 2. The van der Waals surface area contributed by atoms with E-state index in [-0.39, 0.29) is 17.9 Å². The Morgan fingerprint density at radius 1 is 1.36 bits per heavy atom.